The third kappa shape index (κ3) is 1.63. The van der Waals surface area contributed by atoms with Gasteiger partial charge in [-0.1, -0.05) is 24.3 Å². The molecule has 1 atom stereocenters. The minimum Gasteiger partial charge on any atom is -0.493 e. The zero-order valence-electron chi connectivity index (χ0n) is 9.28. The van der Waals surface area contributed by atoms with Crippen LogP contribution >= 0.6 is 0 Å². The maximum absolute atomic E-state index is 9.55. The lowest BCUT2D eigenvalue weighted by Crippen LogP contribution is -2.09. The first-order chi connectivity index (χ1) is 7.84. The Hall–Kier alpha value is -1.28. The van der Waals surface area contributed by atoms with Crippen molar-refractivity contribution < 1.29 is 9.84 Å². The van der Waals surface area contributed by atoms with Gasteiger partial charge in [0, 0.05) is 5.56 Å². The van der Waals surface area contributed by atoms with Gasteiger partial charge in [0.05, 0.1) is 12.7 Å². The van der Waals surface area contributed by atoms with Gasteiger partial charge in [0.2, 0.25) is 0 Å². The maximum atomic E-state index is 9.55. The third-order valence-electron chi connectivity index (χ3n) is 3.38. The monoisotopic (exact) mass is 216 g/mol. The van der Waals surface area contributed by atoms with E-state index in [-0.39, 0.29) is 6.10 Å². The van der Waals surface area contributed by atoms with Crippen molar-refractivity contribution in [3.63, 3.8) is 0 Å². The summed E-state index contributed by atoms with van der Waals surface area (Å²) in [5.74, 6) is 1.05. The Kier molecular flexibility index (Phi) is 2.44. The highest BCUT2D eigenvalue weighted by atomic mass is 16.5. The first kappa shape index (κ1) is 9.91. The number of fused-ring (bicyclic) bond motifs is 1. The summed E-state index contributed by atoms with van der Waals surface area (Å²) in [6, 6.07) is 6.34. The molecular weight excluding hydrogens is 200 g/mol. The number of aliphatic hydroxyl groups is 1. The molecule has 0 bridgehead atoms. The van der Waals surface area contributed by atoms with Crippen LogP contribution < -0.4 is 4.74 Å². The number of allylic oxidation sites excluding steroid dienone is 1. The number of aryl methyl sites for hydroxylation is 1. The summed E-state index contributed by atoms with van der Waals surface area (Å²) in [5.41, 5.74) is 3.74. The first-order valence-corrected chi connectivity index (χ1v) is 5.98. The lowest BCUT2D eigenvalue weighted by molar-refractivity contribution is 0.223. The fraction of sp³-hybridized carbons (Fsp3) is 0.429. The molecule has 3 rings (SSSR count). The molecule has 1 aromatic rings. The van der Waals surface area contributed by atoms with E-state index in [9.17, 15) is 5.11 Å². The lowest BCUT2D eigenvalue weighted by atomic mass is 9.97. The highest BCUT2D eigenvalue weighted by Crippen LogP contribution is 2.37. The molecule has 1 unspecified atom stereocenters. The van der Waals surface area contributed by atoms with Crippen LogP contribution in [0.15, 0.2) is 24.3 Å². The topological polar surface area (TPSA) is 29.5 Å². The van der Waals surface area contributed by atoms with Crippen molar-refractivity contribution in [2.24, 2.45) is 0 Å². The molecular formula is C14H16O2. The predicted octanol–water partition coefficient (Wildman–Crippen LogP) is 2.55. The fourth-order valence-electron chi connectivity index (χ4n) is 2.57. The van der Waals surface area contributed by atoms with Gasteiger partial charge in [0.15, 0.2) is 0 Å². The van der Waals surface area contributed by atoms with Crippen molar-refractivity contribution in [1.82, 2.24) is 0 Å². The molecule has 1 aliphatic heterocycles. The smallest absolute Gasteiger partial charge is 0.129 e. The highest BCUT2D eigenvalue weighted by Gasteiger charge is 2.20. The van der Waals surface area contributed by atoms with Crippen LogP contribution in [0.5, 0.6) is 5.75 Å². The van der Waals surface area contributed by atoms with Crippen LogP contribution in [0, 0.1) is 0 Å². The van der Waals surface area contributed by atoms with E-state index in [0.717, 1.165) is 38.0 Å². The van der Waals surface area contributed by atoms with Gasteiger partial charge in [-0.3, -0.25) is 0 Å². The van der Waals surface area contributed by atoms with E-state index in [4.69, 9.17) is 4.74 Å². The Bertz CT molecular complexity index is 434. The quantitative estimate of drug-likeness (QED) is 0.781. The molecule has 1 N–H and O–H groups in total. The zero-order chi connectivity index (χ0) is 11.0. The molecule has 0 amide bonds. The summed E-state index contributed by atoms with van der Waals surface area (Å²) in [4.78, 5) is 0. The molecule has 0 fully saturated rings. The lowest BCUT2D eigenvalue weighted by Gasteiger charge is -2.20. The number of rotatable bonds is 1. The largest absolute Gasteiger partial charge is 0.493 e. The van der Waals surface area contributed by atoms with Gasteiger partial charge in [0.25, 0.3) is 0 Å². The van der Waals surface area contributed by atoms with Crippen molar-refractivity contribution in [1.29, 1.82) is 0 Å². The molecule has 0 spiro atoms. The van der Waals surface area contributed by atoms with E-state index in [1.807, 2.05) is 6.08 Å². The summed E-state index contributed by atoms with van der Waals surface area (Å²) < 4.78 is 5.78. The molecule has 0 saturated carbocycles. The SMILES string of the molecule is OC1C=C(c2cccc3c2OCCC3)CC1. The third-order valence-corrected chi connectivity index (χ3v) is 3.38. The van der Waals surface area contributed by atoms with E-state index in [0.29, 0.717) is 0 Å². The molecule has 1 heterocycles. The summed E-state index contributed by atoms with van der Waals surface area (Å²) in [7, 11) is 0. The van der Waals surface area contributed by atoms with Crippen molar-refractivity contribution in [3.05, 3.63) is 35.4 Å². The minimum absolute atomic E-state index is 0.269. The van der Waals surface area contributed by atoms with Crippen LogP contribution in [0.25, 0.3) is 5.57 Å². The van der Waals surface area contributed by atoms with Crippen LogP contribution in [0.3, 0.4) is 0 Å². The standard InChI is InChI=1S/C14H16O2/c15-12-7-6-11(9-12)13-5-1-3-10-4-2-8-16-14(10)13/h1,3,5,9,12,15H,2,4,6-8H2. The molecule has 2 aliphatic rings. The fourth-order valence-corrected chi connectivity index (χ4v) is 2.57. The Balaban J connectivity index is 2.04. The van der Waals surface area contributed by atoms with E-state index in [2.05, 4.69) is 18.2 Å². The second kappa shape index (κ2) is 3.95. The van der Waals surface area contributed by atoms with Crippen LogP contribution in [0.2, 0.25) is 0 Å². The molecule has 16 heavy (non-hydrogen) atoms. The molecule has 84 valence electrons. The van der Waals surface area contributed by atoms with E-state index >= 15 is 0 Å². The van der Waals surface area contributed by atoms with Gasteiger partial charge in [-0.25, -0.2) is 0 Å². The number of para-hydroxylation sites is 1. The summed E-state index contributed by atoms with van der Waals surface area (Å²) >= 11 is 0. The zero-order valence-corrected chi connectivity index (χ0v) is 9.28. The molecule has 0 radical (unpaired) electrons. The highest BCUT2D eigenvalue weighted by molar-refractivity contribution is 5.74. The van der Waals surface area contributed by atoms with Crippen LogP contribution in [-0.4, -0.2) is 17.8 Å². The van der Waals surface area contributed by atoms with E-state index in [1.165, 1.54) is 16.7 Å². The average molecular weight is 216 g/mol. The van der Waals surface area contributed by atoms with Gasteiger partial charge < -0.3 is 9.84 Å². The molecule has 1 aromatic carbocycles. The Morgan fingerprint density at radius 3 is 3.00 bits per heavy atom. The molecule has 2 nitrogen and oxygen atoms in total. The van der Waals surface area contributed by atoms with E-state index in [1.54, 1.807) is 0 Å². The summed E-state index contributed by atoms with van der Waals surface area (Å²) in [6.45, 7) is 0.819. The van der Waals surface area contributed by atoms with Gasteiger partial charge in [-0.2, -0.15) is 0 Å². The molecule has 1 aliphatic carbocycles. The number of aliphatic hydroxyl groups excluding tert-OH is 1. The second-order valence-electron chi connectivity index (χ2n) is 4.54. The van der Waals surface area contributed by atoms with Crippen molar-refractivity contribution in [2.75, 3.05) is 6.61 Å². The van der Waals surface area contributed by atoms with Gasteiger partial charge in [-0.15, -0.1) is 0 Å². The van der Waals surface area contributed by atoms with Crippen molar-refractivity contribution in [2.45, 2.75) is 31.8 Å². The Morgan fingerprint density at radius 2 is 2.19 bits per heavy atom. The normalized spacial score (nSPS) is 23.6. The van der Waals surface area contributed by atoms with Crippen LogP contribution in [0.1, 0.15) is 30.4 Å². The average Bonchev–Trinajstić information content (AvgIpc) is 2.75. The van der Waals surface area contributed by atoms with Crippen LogP contribution in [0.4, 0.5) is 0 Å². The Morgan fingerprint density at radius 1 is 1.25 bits per heavy atom. The van der Waals surface area contributed by atoms with Gasteiger partial charge >= 0.3 is 0 Å². The second-order valence-corrected chi connectivity index (χ2v) is 4.54. The van der Waals surface area contributed by atoms with Gasteiger partial charge in [-0.05, 0) is 36.8 Å². The number of benzene rings is 1. The first-order valence-electron chi connectivity index (χ1n) is 5.98. The number of hydrogen-bond acceptors (Lipinski definition) is 2. The maximum Gasteiger partial charge on any atom is 0.129 e. The van der Waals surface area contributed by atoms with Gasteiger partial charge in [0.1, 0.15) is 5.75 Å². The number of ether oxygens (including phenoxy) is 1. The predicted molar refractivity (Wildman–Crippen MR) is 63.5 cm³/mol. The Labute approximate surface area is 95.6 Å². The van der Waals surface area contributed by atoms with Crippen molar-refractivity contribution in [3.8, 4) is 5.75 Å². The van der Waals surface area contributed by atoms with Crippen LogP contribution in [-0.2, 0) is 6.42 Å². The molecule has 2 heteroatoms. The summed E-state index contributed by atoms with van der Waals surface area (Å²) in [5, 5.41) is 9.55. The molecule has 0 aromatic heterocycles. The minimum atomic E-state index is -0.269. The molecule has 0 saturated heterocycles. The van der Waals surface area contributed by atoms with E-state index < -0.39 is 0 Å². The van der Waals surface area contributed by atoms with Crippen molar-refractivity contribution >= 4 is 5.57 Å². The number of hydrogen-bond donors (Lipinski definition) is 1. The summed E-state index contributed by atoms with van der Waals surface area (Å²) in [6.07, 6.45) is 5.72.